The zero-order valence-corrected chi connectivity index (χ0v) is 11.7. The lowest BCUT2D eigenvalue weighted by atomic mass is 9.98. The number of thiophene rings is 1. The Kier molecular flexibility index (Phi) is 3.09. The number of primary amides is 1. The van der Waals surface area contributed by atoms with Crippen LogP contribution < -0.4 is 5.73 Å². The van der Waals surface area contributed by atoms with Crippen molar-refractivity contribution in [1.29, 1.82) is 0 Å². The Morgan fingerprint density at radius 2 is 2.16 bits per heavy atom. The van der Waals surface area contributed by atoms with Crippen LogP contribution >= 0.6 is 11.3 Å². The summed E-state index contributed by atoms with van der Waals surface area (Å²) < 4.78 is 0. The van der Waals surface area contributed by atoms with Crippen LogP contribution in [0.3, 0.4) is 0 Å². The van der Waals surface area contributed by atoms with Gasteiger partial charge in [0.1, 0.15) is 0 Å². The van der Waals surface area contributed by atoms with Crippen LogP contribution in [0.4, 0.5) is 0 Å². The molecule has 0 spiro atoms. The molecule has 1 aliphatic heterocycles. The van der Waals surface area contributed by atoms with Gasteiger partial charge in [-0.1, -0.05) is 6.92 Å². The molecular formula is C14H18N2O2S. The molecule has 19 heavy (non-hydrogen) atoms. The molecule has 102 valence electrons. The van der Waals surface area contributed by atoms with E-state index in [4.69, 9.17) is 5.73 Å². The number of rotatable bonds is 3. The van der Waals surface area contributed by atoms with Crippen molar-refractivity contribution in [2.24, 2.45) is 23.5 Å². The number of carbonyl (C=O) groups excluding carboxylic acids is 2. The van der Waals surface area contributed by atoms with E-state index in [1.54, 1.807) is 11.3 Å². The van der Waals surface area contributed by atoms with Crippen molar-refractivity contribution in [2.75, 3.05) is 13.1 Å². The first-order valence-electron chi connectivity index (χ1n) is 6.68. The highest BCUT2D eigenvalue weighted by molar-refractivity contribution is 7.08. The Morgan fingerprint density at radius 1 is 1.37 bits per heavy atom. The van der Waals surface area contributed by atoms with E-state index in [2.05, 4.69) is 16.8 Å². The Labute approximate surface area is 116 Å². The molecule has 1 saturated heterocycles. The van der Waals surface area contributed by atoms with Crippen molar-refractivity contribution in [2.45, 2.75) is 19.3 Å². The molecule has 2 N–H and O–H groups in total. The van der Waals surface area contributed by atoms with Gasteiger partial charge in [0.05, 0.1) is 5.92 Å². The molecule has 2 heterocycles. The topological polar surface area (TPSA) is 63.4 Å². The van der Waals surface area contributed by atoms with E-state index in [0.717, 1.165) is 6.42 Å². The molecule has 2 fully saturated rings. The summed E-state index contributed by atoms with van der Waals surface area (Å²) in [5.74, 6) is 0.428. The summed E-state index contributed by atoms with van der Waals surface area (Å²) in [5.41, 5.74) is 6.65. The lowest BCUT2D eigenvalue weighted by Crippen LogP contribution is -2.33. The molecule has 1 aromatic rings. The fraction of sp³-hybridized carbons (Fsp3) is 0.571. The summed E-state index contributed by atoms with van der Waals surface area (Å²) in [7, 11) is 0. The summed E-state index contributed by atoms with van der Waals surface area (Å²) >= 11 is 1.67. The van der Waals surface area contributed by atoms with E-state index in [1.807, 2.05) is 11.8 Å². The molecule has 1 saturated carbocycles. The predicted octanol–water partition coefficient (Wildman–Crippen LogP) is 1.43. The van der Waals surface area contributed by atoms with E-state index in [1.165, 1.54) is 5.56 Å². The van der Waals surface area contributed by atoms with Gasteiger partial charge in [0.15, 0.2) is 0 Å². The molecule has 4 nitrogen and oxygen atoms in total. The maximum absolute atomic E-state index is 12.4. The Morgan fingerprint density at radius 3 is 2.74 bits per heavy atom. The summed E-state index contributed by atoms with van der Waals surface area (Å²) in [6, 6.07) is 2.10. The second kappa shape index (κ2) is 4.63. The van der Waals surface area contributed by atoms with Gasteiger partial charge in [-0.15, -0.1) is 0 Å². The highest BCUT2D eigenvalue weighted by Gasteiger charge is 2.48. The van der Waals surface area contributed by atoms with Crippen LogP contribution in [-0.4, -0.2) is 29.8 Å². The van der Waals surface area contributed by atoms with Gasteiger partial charge in [-0.05, 0) is 40.6 Å². The molecule has 5 heteroatoms. The molecule has 1 aromatic heterocycles. The minimum atomic E-state index is -0.284. The van der Waals surface area contributed by atoms with E-state index >= 15 is 0 Å². The van der Waals surface area contributed by atoms with E-state index in [9.17, 15) is 9.59 Å². The van der Waals surface area contributed by atoms with Crippen molar-refractivity contribution in [3.05, 3.63) is 22.4 Å². The number of nitrogens with two attached hydrogens (primary N) is 1. The molecule has 3 rings (SSSR count). The third-order valence-electron chi connectivity index (χ3n) is 4.37. The number of hydrogen-bond donors (Lipinski definition) is 1. The smallest absolute Gasteiger partial charge is 0.226 e. The highest BCUT2D eigenvalue weighted by Crippen LogP contribution is 2.49. The van der Waals surface area contributed by atoms with Gasteiger partial charge in [-0.25, -0.2) is 0 Å². The minimum Gasteiger partial charge on any atom is -0.369 e. The van der Waals surface area contributed by atoms with Crippen molar-refractivity contribution < 1.29 is 9.59 Å². The molecule has 1 aliphatic carbocycles. The Balaban J connectivity index is 1.63. The number of nitrogens with zero attached hydrogens (tertiary/aromatic N) is 1. The average molecular weight is 278 g/mol. The largest absolute Gasteiger partial charge is 0.369 e. The molecule has 0 aromatic carbocycles. The van der Waals surface area contributed by atoms with Gasteiger partial charge < -0.3 is 10.6 Å². The first-order valence-corrected chi connectivity index (χ1v) is 7.62. The fourth-order valence-electron chi connectivity index (χ4n) is 3.07. The standard InChI is InChI=1S/C14H18N2O2S/c1-8-5-16(6-12(8)13(15)17)14(18)11-4-10(11)9-2-3-19-7-9/h2-3,7-8,10-12H,4-6H2,1H3,(H2,15,17)/t8-,10+,11-,12-/m1/s1. The number of hydrogen-bond acceptors (Lipinski definition) is 3. The van der Waals surface area contributed by atoms with E-state index in [0.29, 0.717) is 19.0 Å². The molecule has 2 aliphatic rings. The third kappa shape index (κ3) is 2.27. The molecular weight excluding hydrogens is 260 g/mol. The van der Waals surface area contributed by atoms with Crippen molar-refractivity contribution >= 4 is 23.2 Å². The van der Waals surface area contributed by atoms with Crippen LogP contribution in [-0.2, 0) is 9.59 Å². The first-order chi connectivity index (χ1) is 9.08. The second-order valence-corrected chi connectivity index (χ2v) is 6.51. The van der Waals surface area contributed by atoms with Crippen molar-refractivity contribution in [1.82, 2.24) is 4.90 Å². The van der Waals surface area contributed by atoms with Crippen LogP contribution in [0.15, 0.2) is 16.8 Å². The SMILES string of the molecule is C[C@@H]1CN(C(=O)[C@@H]2C[C@H]2c2ccsc2)C[C@H]1C(N)=O. The molecule has 4 atom stereocenters. The number of likely N-dealkylation sites (tertiary alicyclic amines) is 1. The average Bonchev–Trinajstić information content (AvgIpc) is 2.82. The van der Waals surface area contributed by atoms with E-state index in [-0.39, 0.29) is 29.6 Å². The highest BCUT2D eigenvalue weighted by atomic mass is 32.1. The van der Waals surface area contributed by atoms with Gasteiger partial charge >= 0.3 is 0 Å². The zero-order chi connectivity index (χ0) is 13.6. The Bertz CT molecular complexity index is 500. The number of carbonyl (C=O) groups is 2. The maximum atomic E-state index is 12.4. The zero-order valence-electron chi connectivity index (χ0n) is 10.9. The van der Waals surface area contributed by atoms with Crippen LogP contribution in [0.25, 0.3) is 0 Å². The summed E-state index contributed by atoms with van der Waals surface area (Å²) in [6.07, 6.45) is 0.946. The van der Waals surface area contributed by atoms with Gasteiger partial charge in [0, 0.05) is 19.0 Å². The minimum absolute atomic E-state index is 0.119. The van der Waals surface area contributed by atoms with Gasteiger partial charge in [-0.2, -0.15) is 11.3 Å². The van der Waals surface area contributed by atoms with Crippen LogP contribution in [0.5, 0.6) is 0 Å². The van der Waals surface area contributed by atoms with Gasteiger partial charge in [-0.3, -0.25) is 9.59 Å². The van der Waals surface area contributed by atoms with Crippen molar-refractivity contribution in [3.8, 4) is 0 Å². The molecule has 0 unspecified atom stereocenters. The Hall–Kier alpha value is -1.36. The molecule has 2 amide bonds. The molecule has 0 radical (unpaired) electrons. The van der Waals surface area contributed by atoms with Crippen molar-refractivity contribution in [3.63, 3.8) is 0 Å². The van der Waals surface area contributed by atoms with Crippen LogP contribution in [0.2, 0.25) is 0 Å². The maximum Gasteiger partial charge on any atom is 0.226 e. The quantitative estimate of drug-likeness (QED) is 0.909. The van der Waals surface area contributed by atoms with E-state index < -0.39 is 0 Å². The van der Waals surface area contributed by atoms with Gasteiger partial charge in [0.25, 0.3) is 0 Å². The predicted molar refractivity (Wildman–Crippen MR) is 73.6 cm³/mol. The fourth-order valence-corrected chi connectivity index (χ4v) is 3.80. The second-order valence-electron chi connectivity index (χ2n) is 5.73. The summed E-state index contributed by atoms with van der Waals surface area (Å²) in [4.78, 5) is 25.5. The number of amides is 2. The lowest BCUT2D eigenvalue weighted by Gasteiger charge is -2.15. The van der Waals surface area contributed by atoms with Gasteiger partial charge in [0.2, 0.25) is 11.8 Å². The van der Waals surface area contributed by atoms with Crippen LogP contribution in [0, 0.1) is 17.8 Å². The lowest BCUT2D eigenvalue weighted by molar-refractivity contribution is -0.132. The summed E-state index contributed by atoms with van der Waals surface area (Å²) in [5, 5.41) is 4.17. The molecule has 0 bridgehead atoms. The van der Waals surface area contributed by atoms with Crippen LogP contribution in [0.1, 0.15) is 24.8 Å². The third-order valence-corrected chi connectivity index (χ3v) is 5.07. The monoisotopic (exact) mass is 278 g/mol. The normalized spacial score (nSPS) is 33.4. The first kappa shape index (κ1) is 12.7. The summed E-state index contributed by atoms with van der Waals surface area (Å²) in [6.45, 7) is 3.16.